The third-order valence-electron chi connectivity index (χ3n) is 2.84. The van der Waals surface area contributed by atoms with Gasteiger partial charge in [0.1, 0.15) is 0 Å². The maximum absolute atomic E-state index is 11.7. The molecule has 1 fully saturated rings. The zero-order valence-corrected chi connectivity index (χ0v) is 8.60. The molecule has 2 rings (SSSR count). The Morgan fingerprint density at radius 1 is 1.29 bits per heavy atom. The monoisotopic (exact) mass is 189 g/mol. The number of anilines is 1. The quantitative estimate of drug-likeness (QED) is 0.654. The second-order valence-electron chi connectivity index (χ2n) is 4.13. The van der Waals surface area contributed by atoms with Gasteiger partial charge >= 0.3 is 0 Å². The van der Waals surface area contributed by atoms with Gasteiger partial charge in [-0.05, 0) is 18.1 Å². The number of benzene rings is 1. The summed E-state index contributed by atoms with van der Waals surface area (Å²) in [5.74, 6) is 0.962. The number of rotatable bonds is 2. The molecular weight excluding hydrogens is 174 g/mol. The van der Waals surface area contributed by atoms with Crippen LogP contribution in [-0.4, -0.2) is 12.5 Å². The molecule has 1 heterocycles. The van der Waals surface area contributed by atoms with E-state index in [0.717, 1.165) is 12.2 Å². The molecule has 1 amide bonds. The SMILES string of the molecule is CC(C)C1CN(c2ccccc2)C1=O. The molecule has 1 atom stereocenters. The Balaban J connectivity index is 2.09. The van der Waals surface area contributed by atoms with Crippen molar-refractivity contribution in [1.29, 1.82) is 0 Å². The van der Waals surface area contributed by atoms with E-state index in [9.17, 15) is 4.79 Å². The molecule has 0 spiro atoms. The summed E-state index contributed by atoms with van der Waals surface area (Å²) in [6, 6.07) is 9.85. The van der Waals surface area contributed by atoms with Crippen LogP contribution in [0.25, 0.3) is 0 Å². The van der Waals surface area contributed by atoms with Crippen LogP contribution < -0.4 is 4.90 Å². The van der Waals surface area contributed by atoms with Gasteiger partial charge in [0.2, 0.25) is 5.91 Å². The highest BCUT2D eigenvalue weighted by Crippen LogP contribution is 2.29. The van der Waals surface area contributed by atoms with Gasteiger partial charge in [-0.25, -0.2) is 0 Å². The largest absolute Gasteiger partial charge is 0.311 e. The zero-order chi connectivity index (χ0) is 10.1. The van der Waals surface area contributed by atoms with Gasteiger partial charge in [-0.15, -0.1) is 0 Å². The van der Waals surface area contributed by atoms with Crippen molar-refractivity contribution in [2.24, 2.45) is 11.8 Å². The molecular formula is C12H15NO. The molecule has 2 nitrogen and oxygen atoms in total. The summed E-state index contributed by atoms with van der Waals surface area (Å²) < 4.78 is 0. The molecule has 0 bridgehead atoms. The van der Waals surface area contributed by atoms with Crippen LogP contribution in [0.5, 0.6) is 0 Å². The molecule has 1 aromatic rings. The van der Waals surface area contributed by atoms with Crippen molar-refractivity contribution in [1.82, 2.24) is 0 Å². The smallest absolute Gasteiger partial charge is 0.232 e. The van der Waals surface area contributed by atoms with Crippen molar-refractivity contribution < 1.29 is 4.79 Å². The molecule has 0 aromatic heterocycles. The summed E-state index contributed by atoms with van der Waals surface area (Å²) >= 11 is 0. The van der Waals surface area contributed by atoms with Crippen molar-refractivity contribution >= 4 is 11.6 Å². The molecule has 0 aliphatic carbocycles. The van der Waals surface area contributed by atoms with Crippen LogP contribution >= 0.6 is 0 Å². The van der Waals surface area contributed by atoms with E-state index in [4.69, 9.17) is 0 Å². The summed E-state index contributed by atoms with van der Waals surface area (Å²) in [5.41, 5.74) is 1.02. The third-order valence-corrected chi connectivity index (χ3v) is 2.84. The maximum Gasteiger partial charge on any atom is 0.232 e. The van der Waals surface area contributed by atoms with Crippen molar-refractivity contribution in [3.05, 3.63) is 30.3 Å². The maximum atomic E-state index is 11.7. The molecule has 1 aliphatic heterocycles. The van der Waals surface area contributed by atoms with E-state index in [1.807, 2.05) is 35.2 Å². The molecule has 0 radical (unpaired) electrons. The summed E-state index contributed by atoms with van der Waals surface area (Å²) in [6.45, 7) is 5.08. The molecule has 1 aromatic carbocycles. The summed E-state index contributed by atoms with van der Waals surface area (Å²) in [4.78, 5) is 13.6. The molecule has 0 saturated carbocycles. The number of hydrogen-bond acceptors (Lipinski definition) is 1. The fourth-order valence-electron chi connectivity index (χ4n) is 1.79. The van der Waals surface area contributed by atoms with Gasteiger partial charge in [-0.1, -0.05) is 32.0 Å². The lowest BCUT2D eigenvalue weighted by atomic mass is 9.87. The van der Waals surface area contributed by atoms with Gasteiger partial charge in [0.15, 0.2) is 0 Å². The van der Waals surface area contributed by atoms with Crippen LogP contribution in [0.3, 0.4) is 0 Å². The van der Waals surface area contributed by atoms with Crippen LogP contribution in [0, 0.1) is 11.8 Å². The number of para-hydroxylation sites is 1. The van der Waals surface area contributed by atoms with Crippen LogP contribution in [0.2, 0.25) is 0 Å². The summed E-state index contributed by atoms with van der Waals surface area (Å²) in [7, 11) is 0. The predicted octanol–water partition coefficient (Wildman–Crippen LogP) is 2.31. The number of nitrogens with zero attached hydrogens (tertiary/aromatic N) is 1. The Morgan fingerprint density at radius 3 is 2.43 bits per heavy atom. The Hall–Kier alpha value is -1.31. The van der Waals surface area contributed by atoms with Crippen LogP contribution in [0.1, 0.15) is 13.8 Å². The minimum absolute atomic E-state index is 0.232. The fourth-order valence-corrected chi connectivity index (χ4v) is 1.79. The number of hydrogen-bond donors (Lipinski definition) is 0. The fraction of sp³-hybridized carbons (Fsp3) is 0.417. The van der Waals surface area contributed by atoms with E-state index < -0.39 is 0 Å². The van der Waals surface area contributed by atoms with Crippen LogP contribution in [0.15, 0.2) is 30.3 Å². The molecule has 1 aliphatic rings. The van der Waals surface area contributed by atoms with Gasteiger partial charge in [-0.2, -0.15) is 0 Å². The summed E-state index contributed by atoms with van der Waals surface area (Å²) in [5, 5.41) is 0. The van der Waals surface area contributed by atoms with E-state index in [1.165, 1.54) is 0 Å². The Morgan fingerprint density at radius 2 is 1.93 bits per heavy atom. The molecule has 1 unspecified atom stereocenters. The minimum atomic E-state index is 0.232. The molecule has 2 heteroatoms. The second kappa shape index (κ2) is 3.45. The van der Waals surface area contributed by atoms with Crippen LogP contribution in [0.4, 0.5) is 5.69 Å². The second-order valence-corrected chi connectivity index (χ2v) is 4.13. The number of amides is 1. The van der Waals surface area contributed by atoms with Crippen molar-refractivity contribution in [2.45, 2.75) is 13.8 Å². The standard InChI is InChI=1S/C12H15NO/c1-9(2)11-8-13(12(11)14)10-6-4-3-5-7-10/h3-7,9,11H,8H2,1-2H3. The number of carbonyl (C=O) groups is 1. The highest BCUT2D eigenvalue weighted by atomic mass is 16.2. The van der Waals surface area contributed by atoms with E-state index in [0.29, 0.717) is 5.92 Å². The van der Waals surface area contributed by atoms with Gasteiger partial charge in [0, 0.05) is 12.2 Å². The minimum Gasteiger partial charge on any atom is -0.311 e. The number of β-lactam (4-membered cyclic amide) rings is 1. The first kappa shape index (κ1) is 9.25. The Bertz CT molecular complexity index is 331. The average Bonchev–Trinajstić information content (AvgIpc) is 2.17. The first-order chi connectivity index (χ1) is 6.70. The van der Waals surface area contributed by atoms with Gasteiger partial charge in [0.05, 0.1) is 5.92 Å². The Kier molecular flexibility index (Phi) is 2.28. The topological polar surface area (TPSA) is 20.3 Å². The van der Waals surface area contributed by atoms with E-state index in [1.54, 1.807) is 0 Å². The lowest BCUT2D eigenvalue weighted by Crippen LogP contribution is -2.54. The third kappa shape index (κ3) is 1.41. The lowest BCUT2D eigenvalue weighted by Gasteiger charge is -2.40. The van der Waals surface area contributed by atoms with E-state index >= 15 is 0 Å². The van der Waals surface area contributed by atoms with Crippen LogP contribution in [-0.2, 0) is 4.79 Å². The van der Waals surface area contributed by atoms with Gasteiger partial charge in [-0.3, -0.25) is 4.79 Å². The molecule has 74 valence electrons. The predicted molar refractivity (Wildman–Crippen MR) is 57.1 cm³/mol. The molecule has 1 saturated heterocycles. The normalized spacial score (nSPS) is 21.2. The number of carbonyl (C=O) groups excluding carboxylic acids is 1. The van der Waals surface area contributed by atoms with Crippen molar-refractivity contribution in [3.8, 4) is 0 Å². The van der Waals surface area contributed by atoms with Gasteiger partial charge in [0.25, 0.3) is 0 Å². The first-order valence-corrected chi connectivity index (χ1v) is 5.06. The van der Waals surface area contributed by atoms with E-state index in [-0.39, 0.29) is 11.8 Å². The summed E-state index contributed by atoms with van der Waals surface area (Å²) in [6.07, 6.45) is 0. The van der Waals surface area contributed by atoms with E-state index in [2.05, 4.69) is 13.8 Å². The van der Waals surface area contributed by atoms with Gasteiger partial charge < -0.3 is 4.90 Å². The average molecular weight is 189 g/mol. The highest BCUT2D eigenvalue weighted by Gasteiger charge is 2.39. The lowest BCUT2D eigenvalue weighted by molar-refractivity contribution is -0.128. The Labute approximate surface area is 84.5 Å². The first-order valence-electron chi connectivity index (χ1n) is 5.06. The molecule has 14 heavy (non-hydrogen) atoms. The zero-order valence-electron chi connectivity index (χ0n) is 8.60. The highest BCUT2D eigenvalue weighted by molar-refractivity contribution is 6.01. The molecule has 0 N–H and O–H groups in total. The van der Waals surface area contributed by atoms with Crippen molar-refractivity contribution in [3.63, 3.8) is 0 Å². The van der Waals surface area contributed by atoms with Crippen molar-refractivity contribution in [2.75, 3.05) is 11.4 Å².